The van der Waals surface area contributed by atoms with Gasteiger partial charge in [-0.15, -0.1) is 0 Å². The standard InChI is InChI=1S/C19H17BrN4O/c1-12-8-9-15(11-16(12)20)22-18(25)17-10-13(2)21-19(24-17)23-14-6-4-3-5-7-14/h3-11H,1-2H3,(H,22,25)(H,21,23,24). The zero-order chi connectivity index (χ0) is 17.8. The first-order valence-electron chi connectivity index (χ1n) is 7.76. The van der Waals surface area contributed by atoms with Crippen molar-refractivity contribution in [2.75, 3.05) is 10.6 Å². The van der Waals surface area contributed by atoms with Crippen molar-refractivity contribution >= 4 is 39.2 Å². The first-order valence-corrected chi connectivity index (χ1v) is 8.56. The number of hydrogen-bond acceptors (Lipinski definition) is 4. The van der Waals surface area contributed by atoms with Gasteiger partial charge in [0.1, 0.15) is 5.69 Å². The molecule has 0 atom stereocenters. The Labute approximate surface area is 154 Å². The summed E-state index contributed by atoms with van der Waals surface area (Å²) < 4.78 is 0.940. The van der Waals surface area contributed by atoms with Gasteiger partial charge < -0.3 is 10.6 Å². The van der Waals surface area contributed by atoms with Crippen molar-refractivity contribution in [2.45, 2.75) is 13.8 Å². The SMILES string of the molecule is Cc1cc(C(=O)Nc2ccc(C)c(Br)c2)nc(Nc2ccccc2)n1. The fraction of sp³-hybridized carbons (Fsp3) is 0.105. The van der Waals surface area contributed by atoms with E-state index in [0.717, 1.165) is 15.7 Å². The fourth-order valence-corrected chi connectivity index (χ4v) is 2.64. The maximum Gasteiger partial charge on any atom is 0.274 e. The molecule has 0 aliphatic carbocycles. The molecule has 6 heteroatoms. The van der Waals surface area contributed by atoms with Crippen molar-refractivity contribution in [3.8, 4) is 0 Å². The molecule has 0 fully saturated rings. The van der Waals surface area contributed by atoms with E-state index in [1.54, 1.807) is 6.07 Å². The average molecular weight is 397 g/mol. The third-order valence-corrected chi connectivity index (χ3v) is 4.40. The van der Waals surface area contributed by atoms with E-state index in [-0.39, 0.29) is 5.91 Å². The number of rotatable bonds is 4. The Morgan fingerprint density at radius 2 is 1.72 bits per heavy atom. The monoisotopic (exact) mass is 396 g/mol. The molecule has 3 aromatic rings. The van der Waals surface area contributed by atoms with E-state index >= 15 is 0 Å². The number of carbonyl (C=O) groups is 1. The van der Waals surface area contributed by atoms with E-state index in [4.69, 9.17) is 0 Å². The van der Waals surface area contributed by atoms with Crippen LogP contribution in [0.25, 0.3) is 0 Å². The summed E-state index contributed by atoms with van der Waals surface area (Å²) in [4.78, 5) is 21.2. The lowest BCUT2D eigenvalue weighted by atomic mass is 10.2. The Hall–Kier alpha value is -2.73. The van der Waals surface area contributed by atoms with E-state index in [1.165, 1.54) is 0 Å². The number of nitrogens with one attached hydrogen (secondary N) is 2. The number of para-hydroxylation sites is 1. The van der Waals surface area contributed by atoms with Gasteiger partial charge in [-0.05, 0) is 49.7 Å². The van der Waals surface area contributed by atoms with Crippen LogP contribution in [0.5, 0.6) is 0 Å². The molecule has 1 heterocycles. The van der Waals surface area contributed by atoms with Crippen LogP contribution in [0.4, 0.5) is 17.3 Å². The molecule has 0 radical (unpaired) electrons. The average Bonchev–Trinajstić information content (AvgIpc) is 2.58. The molecule has 0 spiro atoms. The quantitative estimate of drug-likeness (QED) is 0.661. The third kappa shape index (κ3) is 4.42. The minimum absolute atomic E-state index is 0.280. The van der Waals surface area contributed by atoms with Gasteiger partial charge in [-0.1, -0.05) is 40.2 Å². The van der Waals surface area contributed by atoms with Crippen LogP contribution >= 0.6 is 15.9 Å². The lowest BCUT2D eigenvalue weighted by Gasteiger charge is -2.09. The first kappa shape index (κ1) is 17.1. The number of amides is 1. The van der Waals surface area contributed by atoms with Crippen molar-refractivity contribution < 1.29 is 4.79 Å². The van der Waals surface area contributed by atoms with Crippen LogP contribution in [0.3, 0.4) is 0 Å². The van der Waals surface area contributed by atoms with Crippen LogP contribution in [-0.4, -0.2) is 15.9 Å². The van der Waals surface area contributed by atoms with Gasteiger partial charge in [0, 0.05) is 21.5 Å². The summed E-state index contributed by atoms with van der Waals surface area (Å²) in [6, 6.07) is 16.9. The molecule has 2 N–H and O–H groups in total. The molecule has 0 bridgehead atoms. The maximum absolute atomic E-state index is 12.5. The number of aryl methyl sites for hydroxylation is 2. The number of nitrogens with zero attached hydrogens (tertiary/aromatic N) is 2. The van der Waals surface area contributed by atoms with E-state index in [1.807, 2.05) is 62.4 Å². The van der Waals surface area contributed by atoms with Crippen molar-refractivity contribution in [1.29, 1.82) is 0 Å². The molecule has 1 amide bonds. The van der Waals surface area contributed by atoms with Crippen LogP contribution in [0, 0.1) is 13.8 Å². The van der Waals surface area contributed by atoms with E-state index in [9.17, 15) is 4.79 Å². The second kappa shape index (κ2) is 7.44. The predicted molar refractivity (Wildman–Crippen MR) is 103 cm³/mol. The summed E-state index contributed by atoms with van der Waals surface area (Å²) >= 11 is 3.47. The molecule has 3 rings (SSSR count). The Morgan fingerprint density at radius 1 is 0.960 bits per heavy atom. The lowest BCUT2D eigenvalue weighted by Crippen LogP contribution is -2.15. The summed E-state index contributed by atoms with van der Waals surface area (Å²) in [5, 5.41) is 5.97. The Kier molecular flexibility index (Phi) is 5.09. The number of halogens is 1. The van der Waals surface area contributed by atoms with E-state index in [0.29, 0.717) is 23.0 Å². The summed E-state index contributed by atoms with van der Waals surface area (Å²) in [5.74, 6) is 0.110. The summed E-state index contributed by atoms with van der Waals surface area (Å²) in [7, 11) is 0. The Bertz CT molecular complexity index is 913. The largest absolute Gasteiger partial charge is 0.324 e. The molecule has 25 heavy (non-hydrogen) atoms. The molecule has 0 aliphatic rings. The van der Waals surface area contributed by atoms with Crippen LogP contribution in [-0.2, 0) is 0 Å². The van der Waals surface area contributed by atoms with Gasteiger partial charge in [0.15, 0.2) is 0 Å². The van der Waals surface area contributed by atoms with Gasteiger partial charge in [-0.3, -0.25) is 4.79 Å². The zero-order valence-electron chi connectivity index (χ0n) is 13.9. The highest BCUT2D eigenvalue weighted by Crippen LogP contribution is 2.21. The van der Waals surface area contributed by atoms with Crippen molar-refractivity contribution in [2.24, 2.45) is 0 Å². The molecule has 2 aromatic carbocycles. The molecule has 1 aromatic heterocycles. The first-order chi connectivity index (χ1) is 12.0. The van der Waals surface area contributed by atoms with Crippen molar-refractivity contribution in [1.82, 2.24) is 9.97 Å². The highest BCUT2D eigenvalue weighted by Gasteiger charge is 2.12. The van der Waals surface area contributed by atoms with Gasteiger partial charge in [-0.2, -0.15) is 0 Å². The zero-order valence-corrected chi connectivity index (χ0v) is 15.5. The number of hydrogen-bond donors (Lipinski definition) is 2. The van der Waals surface area contributed by atoms with Gasteiger partial charge in [0.2, 0.25) is 5.95 Å². The Balaban J connectivity index is 1.81. The second-order valence-corrected chi connectivity index (χ2v) is 6.48. The number of aromatic nitrogens is 2. The minimum Gasteiger partial charge on any atom is -0.324 e. The molecule has 0 saturated heterocycles. The number of carbonyl (C=O) groups excluding carboxylic acids is 1. The summed E-state index contributed by atoms with van der Waals surface area (Å²) in [6.07, 6.45) is 0. The Morgan fingerprint density at radius 3 is 2.44 bits per heavy atom. The molecule has 5 nitrogen and oxygen atoms in total. The van der Waals surface area contributed by atoms with Crippen molar-refractivity contribution in [3.05, 3.63) is 76.0 Å². The molecule has 0 saturated carbocycles. The highest BCUT2D eigenvalue weighted by molar-refractivity contribution is 9.10. The van der Waals surface area contributed by atoms with Crippen LogP contribution in [0.2, 0.25) is 0 Å². The highest BCUT2D eigenvalue weighted by atomic mass is 79.9. The van der Waals surface area contributed by atoms with Crippen LogP contribution in [0.1, 0.15) is 21.7 Å². The normalized spacial score (nSPS) is 10.4. The summed E-state index contributed by atoms with van der Waals surface area (Å²) in [6.45, 7) is 3.82. The lowest BCUT2D eigenvalue weighted by molar-refractivity contribution is 0.102. The van der Waals surface area contributed by atoms with Gasteiger partial charge in [0.05, 0.1) is 0 Å². The van der Waals surface area contributed by atoms with E-state index in [2.05, 4.69) is 36.5 Å². The van der Waals surface area contributed by atoms with Crippen LogP contribution in [0.15, 0.2) is 59.1 Å². The molecule has 0 unspecified atom stereocenters. The third-order valence-electron chi connectivity index (χ3n) is 3.55. The molecular weight excluding hydrogens is 380 g/mol. The fourth-order valence-electron chi connectivity index (χ4n) is 2.26. The van der Waals surface area contributed by atoms with Gasteiger partial charge in [0.25, 0.3) is 5.91 Å². The number of benzene rings is 2. The van der Waals surface area contributed by atoms with Crippen molar-refractivity contribution in [3.63, 3.8) is 0 Å². The predicted octanol–water partition coefficient (Wildman–Crippen LogP) is 4.85. The minimum atomic E-state index is -0.280. The van der Waals surface area contributed by atoms with E-state index < -0.39 is 0 Å². The maximum atomic E-state index is 12.5. The smallest absolute Gasteiger partial charge is 0.274 e. The molecule has 0 aliphatic heterocycles. The van der Waals surface area contributed by atoms with Gasteiger partial charge in [-0.25, -0.2) is 9.97 Å². The van der Waals surface area contributed by atoms with Gasteiger partial charge >= 0.3 is 0 Å². The molecular formula is C19H17BrN4O. The second-order valence-electron chi connectivity index (χ2n) is 5.63. The molecule has 126 valence electrons. The van der Waals surface area contributed by atoms with Crippen LogP contribution < -0.4 is 10.6 Å². The number of anilines is 3. The summed E-state index contributed by atoms with van der Waals surface area (Å²) in [5.41, 5.74) is 3.69. The topological polar surface area (TPSA) is 66.9 Å².